The molecule has 562 valence electrons. The number of nitrogens with two attached hydrogens (primary N) is 1. The minimum atomic E-state index is -0.214. The molecule has 4 bridgehead atoms. The highest BCUT2D eigenvalue weighted by Crippen LogP contribution is 2.30. The summed E-state index contributed by atoms with van der Waals surface area (Å²) in [5, 5.41) is 27.5. The van der Waals surface area contributed by atoms with Crippen LogP contribution in [0.15, 0.2) is 152 Å². The van der Waals surface area contributed by atoms with Gasteiger partial charge in [0.1, 0.15) is 0 Å². The van der Waals surface area contributed by atoms with E-state index in [0.717, 1.165) is 62.5 Å². The second-order valence-electron chi connectivity index (χ2n) is 28.4. The number of aromatic nitrogens is 5. The highest BCUT2D eigenvalue weighted by molar-refractivity contribution is 5.88. The zero-order chi connectivity index (χ0) is 74.7. The first-order valence-corrected chi connectivity index (χ1v) is 37.7. The molecule has 0 aliphatic carbocycles. The molecule has 7 heterocycles. The lowest BCUT2D eigenvalue weighted by atomic mass is 9.92. The van der Waals surface area contributed by atoms with Gasteiger partial charge in [0.15, 0.2) is 0 Å². The Bertz CT molecular complexity index is 4070. The summed E-state index contributed by atoms with van der Waals surface area (Å²) in [5.74, 6) is 1.61. The number of hydrogen-bond donors (Lipinski definition) is 10. The summed E-state index contributed by atoms with van der Waals surface area (Å²) < 4.78 is 4.51. The van der Waals surface area contributed by atoms with Gasteiger partial charge in [-0.15, -0.1) is 0 Å². The molecule has 0 saturated carbocycles. The fourth-order valence-electron chi connectivity index (χ4n) is 13.5. The van der Waals surface area contributed by atoms with E-state index in [-0.39, 0.29) is 97.5 Å². The molecule has 12 unspecified atom stereocenters. The van der Waals surface area contributed by atoms with Crippen molar-refractivity contribution in [3.8, 4) is 0 Å². The number of rotatable bonds is 17. The van der Waals surface area contributed by atoms with Crippen molar-refractivity contribution in [1.82, 2.24) is 51.0 Å². The van der Waals surface area contributed by atoms with Crippen molar-refractivity contribution in [2.24, 2.45) is 53.1 Å². The minimum absolute atomic E-state index is 0. The molecule has 10 aromatic rings. The van der Waals surface area contributed by atoms with Crippen molar-refractivity contribution in [1.29, 1.82) is 0 Å². The van der Waals surface area contributed by atoms with E-state index in [1.165, 1.54) is 71.3 Å². The lowest BCUT2D eigenvalue weighted by Crippen LogP contribution is -2.42. The van der Waals surface area contributed by atoms with Gasteiger partial charge >= 0.3 is 0 Å². The summed E-state index contributed by atoms with van der Waals surface area (Å²) in [4.78, 5) is 63.9. The molecule has 2 aliphatic rings. The van der Waals surface area contributed by atoms with E-state index in [9.17, 15) is 19.2 Å². The molecule has 2 aliphatic heterocycles. The number of amides is 4. The van der Waals surface area contributed by atoms with E-state index in [4.69, 9.17) is 15.8 Å². The van der Waals surface area contributed by atoms with Crippen molar-refractivity contribution in [2.75, 3.05) is 6.61 Å². The standard InChI is InChI=1S/2C18H26N2O.C17H23N3O3.C17H22N2O.C11H14N2.2C2H6.CH4/c2*1-5-12(2)14(4)18(21)20-13(3)10-15-11-19-17-9-7-6-8-16(15)17;1-11-7-13-8-20(16-6-4-3-5-15(13)16)9-14(10-23-19-22)12(2)17(21)18-11;1-11-9-19-10-14(15-6-4-5-7-16(15)19)8-12(2)18-17(20)13(11)3;1-8(12)6-9-7-13-11-5-3-2-4-10(9)11;2*1-2;/h2*6-9,11-14,19H,5,10H2,1-4H3,(H,20,21);3-6,8,11-12,14,19,22H,7,9-10H2,1-2H3,(H,18,21);4-7,10-13H,8-9H2,1-3H3,(H,18,20);2-5,7-8,13H,6,12H2,1H3;2*1-2H3;1H4/t;;;;8-;;;/m....1.../s1. The van der Waals surface area contributed by atoms with Gasteiger partial charge in [0, 0.05) is 158 Å². The Morgan fingerprint density at radius 2 is 0.874 bits per heavy atom. The van der Waals surface area contributed by atoms with Gasteiger partial charge in [0.25, 0.3) is 0 Å². The van der Waals surface area contributed by atoms with E-state index in [0.29, 0.717) is 24.3 Å². The van der Waals surface area contributed by atoms with Crippen LogP contribution in [0, 0.1) is 47.3 Å². The number of fused-ring (bicyclic) bond motifs is 13. The van der Waals surface area contributed by atoms with Crippen molar-refractivity contribution in [3.63, 3.8) is 0 Å². The van der Waals surface area contributed by atoms with Crippen molar-refractivity contribution < 1.29 is 29.2 Å². The Hall–Kier alpha value is -8.48. The number of benzene rings is 5. The number of carbonyl (C=O) groups excluding carboxylic acids is 4. The SMILES string of the molecule is C.CC.CC.CC1Cc2cn(c3ccccc23)CC(C)C(C)C(=O)N1.CC1Cc2cn(c3ccccc23)CC(CONO)C(C)C(=O)N1.CCC(C)C(C)C(=O)NC(C)Cc1c[nH]c2ccccc12.CCC(C)C(C)C(=O)NC(C)Cc1c[nH]c2ccccc12.C[C@@H](N)Cc1c[nH]c2ccccc12. The van der Waals surface area contributed by atoms with Crippen LogP contribution in [-0.4, -0.2) is 89.7 Å². The third kappa shape index (κ3) is 23.8. The molecule has 0 fully saturated rings. The minimum Gasteiger partial charge on any atom is -0.361 e. The molecular weight excluding hydrogens is 1280 g/mol. The van der Waals surface area contributed by atoms with Crippen LogP contribution in [0.5, 0.6) is 0 Å². The Kier molecular flexibility index (Phi) is 35.0. The number of nitrogens with one attached hydrogen (secondary N) is 8. The second kappa shape index (κ2) is 42.3. The van der Waals surface area contributed by atoms with Crippen LogP contribution in [0.1, 0.15) is 173 Å². The Labute approximate surface area is 615 Å². The van der Waals surface area contributed by atoms with Gasteiger partial charge in [-0.2, -0.15) is 0 Å². The van der Waals surface area contributed by atoms with Gasteiger partial charge < -0.3 is 51.1 Å². The van der Waals surface area contributed by atoms with E-state index < -0.39 is 0 Å². The summed E-state index contributed by atoms with van der Waals surface area (Å²) in [5.41, 5.74) is 19.8. The Morgan fingerprint density at radius 3 is 1.25 bits per heavy atom. The van der Waals surface area contributed by atoms with Gasteiger partial charge in [-0.05, 0) is 143 Å². The summed E-state index contributed by atoms with van der Waals surface area (Å²) >= 11 is 0. The van der Waals surface area contributed by atoms with E-state index in [2.05, 4.69) is 192 Å². The monoisotopic (exact) mass is 1410 g/mol. The maximum absolute atomic E-state index is 12.4. The second-order valence-corrected chi connectivity index (χ2v) is 28.4. The predicted octanol–water partition coefficient (Wildman–Crippen LogP) is 17.4. The first-order chi connectivity index (χ1) is 49.0. The maximum atomic E-state index is 12.4. The van der Waals surface area contributed by atoms with Crippen LogP contribution in [0.3, 0.4) is 0 Å². The molecule has 4 amide bonds. The topological polar surface area (TPSA) is 241 Å². The lowest BCUT2D eigenvalue weighted by molar-refractivity contribution is -0.147. The highest BCUT2D eigenvalue weighted by atomic mass is 16.8. The molecule has 12 rings (SSSR count). The van der Waals surface area contributed by atoms with Crippen LogP contribution in [0.4, 0.5) is 0 Å². The van der Waals surface area contributed by atoms with Gasteiger partial charge in [-0.1, -0.05) is 207 Å². The number of aromatic amines is 3. The van der Waals surface area contributed by atoms with E-state index in [1.54, 1.807) is 5.64 Å². The predicted molar refractivity (Wildman–Crippen MR) is 430 cm³/mol. The first-order valence-electron chi connectivity index (χ1n) is 37.7. The summed E-state index contributed by atoms with van der Waals surface area (Å²) in [6.45, 7) is 38.7. The largest absolute Gasteiger partial charge is 0.361 e. The summed E-state index contributed by atoms with van der Waals surface area (Å²) in [6.07, 6.45) is 17.0. The molecule has 13 atom stereocenters. The van der Waals surface area contributed by atoms with E-state index >= 15 is 0 Å². The van der Waals surface area contributed by atoms with Crippen molar-refractivity contribution >= 4 is 78.1 Å². The van der Waals surface area contributed by atoms with Crippen LogP contribution >= 0.6 is 0 Å². The average molecular weight is 1410 g/mol. The molecule has 17 nitrogen and oxygen atoms in total. The zero-order valence-corrected chi connectivity index (χ0v) is 64.5. The summed E-state index contributed by atoms with van der Waals surface area (Å²) in [6, 6.07) is 42.4. The quantitative estimate of drug-likeness (QED) is 0.0392. The molecule has 5 aromatic heterocycles. The van der Waals surface area contributed by atoms with Crippen molar-refractivity contribution in [3.05, 3.63) is 180 Å². The van der Waals surface area contributed by atoms with Gasteiger partial charge in [-0.25, -0.2) is 0 Å². The Balaban J connectivity index is 0.000000230. The highest BCUT2D eigenvalue weighted by Gasteiger charge is 2.30. The molecule has 5 aromatic carbocycles. The van der Waals surface area contributed by atoms with Crippen LogP contribution in [0.2, 0.25) is 0 Å². The smallest absolute Gasteiger partial charge is 0.223 e. The molecule has 11 N–H and O–H groups in total. The molecule has 0 spiro atoms. The average Bonchev–Trinajstić information content (AvgIpc) is 1.61. The molecule has 17 heteroatoms. The normalized spacial score (nSPS) is 19.1. The Morgan fingerprint density at radius 1 is 0.524 bits per heavy atom. The maximum Gasteiger partial charge on any atom is 0.223 e. The van der Waals surface area contributed by atoms with Gasteiger partial charge in [-0.3, -0.25) is 29.2 Å². The van der Waals surface area contributed by atoms with Crippen LogP contribution in [-0.2, 0) is 69.2 Å². The third-order valence-corrected chi connectivity index (χ3v) is 20.5. The van der Waals surface area contributed by atoms with Crippen LogP contribution < -0.4 is 32.6 Å². The lowest BCUT2D eigenvalue weighted by Gasteiger charge is -2.26. The van der Waals surface area contributed by atoms with Gasteiger partial charge in [0.2, 0.25) is 23.6 Å². The molecule has 0 radical (unpaired) electrons. The number of H-pyrrole nitrogens is 3. The molecule has 103 heavy (non-hydrogen) atoms. The number of nitrogens with zero attached hydrogens (tertiary/aromatic N) is 2. The number of carbonyl (C=O) groups is 4. The summed E-state index contributed by atoms with van der Waals surface area (Å²) in [7, 11) is 0. The number of hydrogen-bond acceptors (Lipinski definition) is 8. The zero-order valence-electron chi connectivity index (χ0n) is 64.5. The molecular formula is C86H127N11O6. The fourth-order valence-corrected chi connectivity index (χ4v) is 13.5. The van der Waals surface area contributed by atoms with Gasteiger partial charge in [0.05, 0.1) is 6.61 Å². The van der Waals surface area contributed by atoms with Crippen molar-refractivity contribution in [2.45, 2.75) is 220 Å². The van der Waals surface area contributed by atoms with E-state index in [1.807, 2.05) is 130 Å². The van der Waals surface area contributed by atoms with Crippen LogP contribution in [0.25, 0.3) is 54.5 Å². The molecule has 0 saturated heterocycles. The third-order valence-electron chi connectivity index (χ3n) is 20.5. The fraction of sp³-hybridized carbons (Fsp3) is 0.488. The first kappa shape index (κ1) is 85.2. The number of para-hydroxylation sites is 5.